The number of rotatable bonds is 12. The molecule has 0 unspecified atom stereocenters. The lowest BCUT2D eigenvalue weighted by atomic mass is 9.89. The van der Waals surface area contributed by atoms with Crippen molar-refractivity contribution < 1.29 is 30.0 Å². The fraction of sp³-hybridized carbons (Fsp3) is 0.550. The standard InChI is InChI=1S/C20H31NO6/c1-13(17(22)18(23)16(21)19(24)20(25)26)7-5-3-4-6-8-14-9-11-15(27-2)12-10-14/h6,8-13,16-19,22-24H,3-5,7,21H2,1-2H3,(H,25,26)/b8-6+/t13-,16+,17-,18-,19-/m0/s1. The van der Waals surface area contributed by atoms with Gasteiger partial charge < -0.3 is 30.9 Å². The second-order valence-corrected chi connectivity index (χ2v) is 6.78. The molecule has 0 amide bonds. The number of carboxylic acid groups (broad SMARTS) is 1. The minimum absolute atomic E-state index is 0.266. The molecule has 0 heterocycles. The molecule has 0 spiro atoms. The highest BCUT2D eigenvalue weighted by Crippen LogP contribution is 2.19. The number of aliphatic hydroxyl groups excluding tert-OH is 3. The summed E-state index contributed by atoms with van der Waals surface area (Å²) in [6.07, 6.45) is 2.82. The van der Waals surface area contributed by atoms with Gasteiger partial charge in [0.1, 0.15) is 5.75 Å². The van der Waals surface area contributed by atoms with Gasteiger partial charge in [0.15, 0.2) is 6.10 Å². The molecule has 152 valence electrons. The average molecular weight is 381 g/mol. The Morgan fingerprint density at radius 1 is 1.15 bits per heavy atom. The molecule has 1 aromatic rings. The van der Waals surface area contributed by atoms with Crippen molar-refractivity contribution in [3.63, 3.8) is 0 Å². The van der Waals surface area contributed by atoms with Crippen LogP contribution >= 0.6 is 0 Å². The van der Waals surface area contributed by atoms with Crippen LogP contribution in [0.25, 0.3) is 6.08 Å². The minimum Gasteiger partial charge on any atom is -0.497 e. The van der Waals surface area contributed by atoms with E-state index in [1.807, 2.05) is 30.3 Å². The zero-order chi connectivity index (χ0) is 20.4. The van der Waals surface area contributed by atoms with Crippen molar-refractivity contribution in [2.45, 2.75) is 57.0 Å². The lowest BCUT2D eigenvalue weighted by Crippen LogP contribution is -2.54. The third-order valence-electron chi connectivity index (χ3n) is 4.65. The van der Waals surface area contributed by atoms with E-state index in [4.69, 9.17) is 15.6 Å². The third kappa shape index (κ3) is 7.68. The number of hydrogen-bond acceptors (Lipinski definition) is 6. The van der Waals surface area contributed by atoms with Crippen molar-refractivity contribution in [1.82, 2.24) is 0 Å². The van der Waals surface area contributed by atoms with Crippen LogP contribution in [-0.2, 0) is 4.79 Å². The van der Waals surface area contributed by atoms with Gasteiger partial charge in [0.2, 0.25) is 0 Å². The molecular formula is C20H31NO6. The predicted molar refractivity (Wildman–Crippen MR) is 103 cm³/mol. The van der Waals surface area contributed by atoms with Crippen LogP contribution in [0.1, 0.15) is 38.2 Å². The van der Waals surface area contributed by atoms with Crippen LogP contribution in [0.2, 0.25) is 0 Å². The molecule has 7 nitrogen and oxygen atoms in total. The molecule has 0 fully saturated rings. The van der Waals surface area contributed by atoms with Gasteiger partial charge in [0, 0.05) is 0 Å². The fourth-order valence-corrected chi connectivity index (χ4v) is 2.75. The largest absolute Gasteiger partial charge is 0.497 e. The van der Waals surface area contributed by atoms with Crippen LogP contribution in [0.15, 0.2) is 30.3 Å². The maximum Gasteiger partial charge on any atom is 0.334 e. The van der Waals surface area contributed by atoms with Gasteiger partial charge in [-0.3, -0.25) is 0 Å². The number of aliphatic carboxylic acids is 1. The zero-order valence-corrected chi connectivity index (χ0v) is 15.9. The molecule has 0 aliphatic rings. The van der Waals surface area contributed by atoms with Crippen LogP contribution in [0.4, 0.5) is 0 Å². The Kier molecular flexibility index (Phi) is 10.0. The SMILES string of the molecule is COc1ccc(/C=C/CCCC[C@H](C)[C@H](O)[C@@H](O)[C@@H](N)[C@H](O)C(=O)O)cc1. The number of carbonyl (C=O) groups is 1. The summed E-state index contributed by atoms with van der Waals surface area (Å²) in [5.74, 6) is -0.972. The highest BCUT2D eigenvalue weighted by molar-refractivity contribution is 5.73. The molecule has 0 aliphatic heterocycles. The lowest BCUT2D eigenvalue weighted by Gasteiger charge is -2.29. The molecule has 1 aromatic carbocycles. The first kappa shape index (κ1) is 23.1. The summed E-state index contributed by atoms with van der Waals surface area (Å²) in [5.41, 5.74) is 6.60. The Hall–Kier alpha value is -1.93. The predicted octanol–water partition coefficient (Wildman–Crippen LogP) is 1.40. The molecule has 0 radical (unpaired) electrons. The number of nitrogens with two attached hydrogens (primary N) is 1. The number of allylic oxidation sites excluding steroid dienone is 1. The maximum atomic E-state index is 10.7. The number of unbranched alkanes of at least 4 members (excludes halogenated alkanes) is 2. The van der Waals surface area contributed by atoms with E-state index in [0.717, 1.165) is 30.6 Å². The van der Waals surface area contributed by atoms with Gasteiger partial charge in [-0.25, -0.2) is 4.79 Å². The van der Waals surface area contributed by atoms with Gasteiger partial charge in [-0.2, -0.15) is 0 Å². The van der Waals surface area contributed by atoms with Crippen molar-refractivity contribution in [3.8, 4) is 5.75 Å². The molecule has 0 saturated carbocycles. The number of ether oxygens (including phenoxy) is 1. The van der Waals surface area contributed by atoms with Crippen LogP contribution in [0.5, 0.6) is 5.75 Å². The van der Waals surface area contributed by atoms with Crippen molar-refractivity contribution in [1.29, 1.82) is 0 Å². The van der Waals surface area contributed by atoms with Crippen LogP contribution in [-0.4, -0.2) is 57.9 Å². The van der Waals surface area contributed by atoms with Gasteiger partial charge in [-0.05, 0) is 42.9 Å². The fourth-order valence-electron chi connectivity index (χ4n) is 2.75. The van der Waals surface area contributed by atoms with E-state index in [1.54, 1.807) is 14.0 Å². The molecule has 7 heteroatoms. The number of carboxylic acids is 1. The Morgan fingerprint density at radius 2 is 1.78 bits per heavy atom. The Morgan fingerprint density at radius 3 is 2.33 bits per heavy atom. The molecule has 0 saturated heterocycles. The van der Waals surface area contributed by atoms with Gasteiger partial charge >= 0.3 is 5.97 Å². The Bertz CT molecular complexity index is 589. The van der Waals surface area contributed by atoms with Crippen molar-refractivity contribution in [3.05, 3.63) is 35.9 Å². The molecule has 6 N–H and O–H groups in total. The van der Waals surface area contributed by atoms with Crippen molar-refractivity contribution >= 4 is 12.0 Å². The maximum absolute atomic E-state index is 10.7. The Balaban J connectivity index is 2.31. The molecule has 1 rings (SSSR count). The van der Waals surface area contributed by atoms with Gasteiger partial charge in [-0.15, -0.1) is 0 Å². The van der Waals surface area contributed by atoms with Crippen LogP contribution in [0, 0.1) is 5.92 Å². The first-order chi connectivity index (χ1) is 12.8. The second-order valence-electron chi connectivity index (χ2n) is 6.78. The van der Waals surface area contributed by atoms with Crippen LogP contribution < -0.4 is 10.5 Å². The molecule has 27 heavy (non-hydrogen) atoms. The van der Waals surface area contributed by atoms with E-state index < -0.39 is 30.3 Å². The number of aliphatic hydroxyl groups is 3. The first-order valence-electron chi connectivity index (χ1n) is 9.11. The topological polar surface area (TPSA) is 133 Å². The summed E-state index contributed by atoms with van der Waals surface area (Å²) in [6.45, 7) is 1.76. The highest BCUT2D eigenvalue weighted by atomic mass is 16.5. The zero-order valence-electron chi connectivity index (χ0n) is 15.9. The number of methoxy groups -OCH3 is 1. The van der Waals surface area contributed by atoms with Crippen LogP contribution in [0.3, 0.4) is 0 Å². The van der Waals surface area contributed by atoms with Crippen molar-refractivity contribution in [2.75, 3.05) is 7.11 Å². The average Bonchev–Trinajstić information content (AvgIpc) is 2.68. The lowest BCUT2D eigenvalue weighted by molar-refractivity contribution is -0.151. The molecule has 5 atom stereocenters. The van der Waals surface area contributed by atoms with E-state index in [-0.39, 0.29) is 5.92 Å². The van der Waals surface area contributed by atoms with E-state index in [2.05, 4.69) is 6.08 Å². The van der Waals surface area contributed by atoms with E-state index in [9.17, 15) is 20.1 Å². The third-order valence-corrected chi connectivity index (χ3v) is 4.65. The first-order valence-corrected chi connectivity index (χ1v) is 9.11. The van der Waals surface area contributed by atoms with Gasteiger partial charge in [0.05, 0.1) is 25.4 Å². The summed E-state index contributed by atoms with van der Waals surface area (Å²) >= 11 is 0. The van der Waals surface area contributed by atoms with E-state index in [1.165, 1.54) is 0 Å². The summed E-state index contributed by atoms with van der Waals surface area (Å²) in [6, 6.07) is 6.32. The smallest absolute Gasteiger partial charge is 0.334 e. The quantitative estimate of drug-likeness (QED) is 0.346. The molecular weight excluding hydrogens is 350 g/mol. The summed E-state index contributed by atoms with van der Waals surface area (Å²) in [5, 5.41) is 38.2. The summed E-state index contributed by atoms with van der Waals surface area (Å²) < 4.78 is 5.11. The monoisotopic (exact) mass is 381 g/mol. The highest BCUT2D eigenvalue weighted by Gasteiger charge is 2.34. The van der Waals surface area contributed by atoms with Gasteiger partial charge in [-0.1, -0.05) is 37.6 Å². The van der Waals surface area contributed by atoms with E-state index >= 15 is 0 Å². The normalized spacial score (nSPS) is 17.3. The minimum atomic E-state index is -1.91. The summed E-state index contributed by atoms with van der Waals surface area (Å²) in [7, 11) is 1.63. The molecule has 0 aliphatic carbocycles. The van der Waals surface area contributed by atoms with Crippen molar-refractivity contribution in [2.24, 2.45) is 11.7 Å². The molecule has 0 aromatic heterocycles. The Labute approximate surface area is 160 Å². The summed E-state index contributed by atoms with van der Waals surface area (Å²) in [4.78, 5) is 10.7. The molecule has 0 bridgehead atoms. The van der Waals surface area contributed by atoms with E-state index in [0.29, 0.717) is 6.42 Å². The van der Waals surface area contributed by atoms with Gasteiger partial charge in [0.25, 0.3) is 0 Å². The number of benzene rings is 1. The number of hydrogen-bond donors (Lipinski definition) is 5. The second kappa shape index (κ2) is 11.7.